The summed E-state index contributed by atoms with van der Waals surface area (Å²) in [5.74, 6) is -0.320. The fraction of sp³-hybridized carbons (Fsp3) is 0.263. The molecule has 0 amide bonds. The van der Waals surface area contributed by atoms with E-state index in [0.717, 1.165) is 5.56 Å². The second-order valence-electron chi connectivity index (χ2n) is 5.88. The van der Waals surface area contributed by atoms with Gasteiger partial charge in [-0.05, 0) is 17.7 Å². The number of pyridine rings is 1. The van der Waals surface area contributed by atoms with Gasteiger partial charge in [0.25, 0.3) is 0 Å². The fourth-order valence-electron chi connectivity index (χ4n) is 2.71. The summed E-state index contributed by atoms with van der Waals surface area (Å²) in [6.07, 6.45) is -4.40. The highest BCUT2D eigenvalue weighted by molar-refractivity contribution is 5.96. The lowest BCUT2D eigenvalue weighted by atomic mass is 10.1. The third-order valence-corrected chi connectivity index (χ3v) is 4.03. The van der Waals surface area contributed by atoms with Crippen LogP contribution < -0.4 is 4.74 Å². The second-order valence-corrected chi connectivity index (χ2v) is 5.88. The molecule has 0 aliphatic heterocycles. The summed E-state index contributed by atoms with van der Waals surface area (Å²) in [6.45, 7) is 0.205. The summed E-state index contributed by atoms with van der Waals surface area (Å²) in [5.41, 5.74) is 1.68. The van der Waals surface area contributed by atoms with Gasteiger partial charge >= 0.3 is 12.1 Å². The van der Waals surface area contributed by atoms with E-state index in [9.17, 15) is 18.0 Å². The first-order valence-electron chi connectivity index (χ1n) is 8.20. The first kappa shape index (κ1) is 18.8. The average Bonchev–Trinajstić information content (AvgIpc) is 3.08. The molecule has 0 atom stereocenters. The maximum atomic E-state index is 12.8. The normalized spacial score (nSPS) is 11.6. The molecule has 0 saturated heterocycles. The average molecular weight is 378 g/mol. The Bertz CT molecular complexity index is 937. The van der Waals surface area contributed by atoms with Gasteiger partial charge in [-0.15, -0.1) is 0 Å². The number of ether oxygens (including phenoxy) is 2. The van der Waals surface area contributed by atoms with Crippen molar-refractivity contribution in [3.63, 3.8) is 0 Å². The van der Waals surface area contributed by atoms with Gasteiger partial charge in [-0.1, -0.05) is 30.3 Å². The van der Waals surface area contributed by atoms with E-state index in [1.165, 1.54) is 17.8 Å². The number of carbonyl (C=O) groups is 1. The van der Waals surface area contributed by atoms with Gasteiger partial charge in [-0.2, -0.15) is 18.3 Å². The number of hydrogen-bond acceptors (Lipinski definition) is 4. The lowest BCUT2D eigenvalue weighted by molar-refractivity contribution is -0.134. The van der Waals surface area contributed by atoms with E-state index in [1.807, 2.05) is 30.3 Å². The molecule has 0 radical (unpaired) electrons. The van der Waals surface area contributed by atoms with Crippen molar-refractivity contribution in [3.8, 4) is 5.75 Å². The molecule has 8 heteroatoms. The van der Waals surface area contributed by atoms with Gasteiger partial charge in [0.15, 0.2) is 0 Å². The van der Waals surface area contributed by atoms with E-state index in [4.69, 9.17) is 4.74 Å². The van der Waals surface area contributed by atoms with Crippen molar-refractivity contribution in [2.45, 2.75) is 25.6 Å². The zero-order valence-electron chi connectivity index (χ0n) is 14.5. The molecule has 0 saturated carbocycles. The smallest absolute Gasteiger partial charge is 0.389 e. The van der Waals surface area contributed by atoms with Gasteiger partial charge in [-0.25, -0.2) is 9.31 Å². The Kier molecular flexibility index (Phi) is 5.34. The molecule has 1 aromatic carbocycles. The first-order chi connectivity index (χ1) is 12.9. The third-order valence-electron chi connectivity index (χ3n) is 4.03. The lowest BCUT2D eigenvalue weighted by Gasteiger charge is -2.14. The first-order valence-corrected chi connectivity index (χ1v) is 8.20. The highest BCUT2D eigenvalue weighted by Gasteiger charge is 2.28. The standard InChI is InChI=1S/C19H17F3N2O3/c1-26-18(25)14-11-23-24-15(14)7-8-17(16(24)9-10-19(20,21)22)27-12-13-5-3-2-4-6-13/h2-8,11H,9-10,12H2,1H3. The van der Waals surface area contributed by atoms with Crippen LogP contribution in [-0.4, -0.2) is 28.9 Å². The number of aryl methyl sites for hydroxylation is 1. The quantitative estimate of drug-likeness (QED) is 0.604. The molecule has 2 aromatic heterocycles. The number of carbonyl (C=O) groups excluding carboxylic acids is 1. The van der Waals surface area contributed by atoms with E-state index < -0.39 is 18.6 Å². The number of fused-ring (bicyclic) bond motifs is 1. The van der Waals surface area contributed by atoms with Gasteiger partial charge in [0.05, 0.1) is 24.5 Å². The SMILES string of the molecule is COC(=O)c1cnn2c(CCC(F)(F)F)c(OCc3ccccc3)ccc12. The number of esters is 1. The van der Waals surface area contributed by atoms with Crippen molar-refractivity contribution in [1.82, 2.24) is 9.61 Å². The van der Waals surface area contributed by atoms with Crippen LogP contribution in [0.3, 0.4) is 0 Å². The fourth-order valence-corrected chi connectivity index (χ4v) is 2.71. The Morgan fingerprint density at radius 3 is 2.56 bits per heavy atom. The monoisotopic (exact) mass is 378 g/mol. The minimum absolute atomic E-state index is 0.181. The molecule has 5 nitrogen and oxygen atoms in total. The van der Waals surface area contributed by atoms with Crippen molar-refractivity contribution in [2.75, 3.05) is 7.11 Å². The molecule has 2 heterocycles. The van der Waals surface area contributed by atoms with Gasteiger partial charge in [0.1, 0.15) is 17.9 Å². The van der Waals surface area contributed by atoms with Crippen LogP contribution in [0.25, 0.3) is 5.52 Å². The Morgan fingerprint density at radius 1 is 1.15 bits per heavy atom. The number of benzene rings is 1. The molecular formula is C19H17F3N2O3. The molecule has 0 spiro atoms. The van der Waals surface area contributed by atoms with Crippen LogP contribution in [0.4, 0.5) is 13.2 Å². The highest BCUT2D eigenvalue weighted by Crippen LogP contribution is 2.29. The molecule has 3 rings (SSSR count). The maximum absolute atomic E-state index is 12.8. The number of hydrogen-bond donors (Lipinski definition) is 0. The van der Waals surface area contributed by atoms with Crippen LogP contribution in [0.2, 0.25) is 0 Å². The Balaban J connectivity index is 1.97. The summed E-state index contributed by atoms with van der Waals surface area (Å²) in [5, 5.41) is 4.07. The van der Waals surface area contributed by atoms with Crippen LogP contribution in [0.1, 0.15) is 28.0 Å². The van der Waals surface area contributed by atoms with E-state index in [-0.39, 0.29) is 30.0 Å². The predicted molar refractivity (Wildman–Crippen MR) is 91.7 cm³/mol. The number of halogens is 3. The summed E-state index contributed by atoms with van der Waals surface area (Å²) in [7, 11) is 1.23. The molecular weight excluding hydrogens is 361 g/mol. The molecule has 0 fully saturated rings. The summed E-state index contributed by atoms with van der Waals surface area (Å²) in [6, 6.07) is 12.4. The van der Waals surface area contributed by atoms with Gasteiger partial charge in [-0.3, -0.25) is 0 Å². The zero-order chi connectivity index (χ0) is 19.4. The minimum Gasteiger partial charge on any atom is -0.487 e. The van der Waals surface area contributed by atoms with Crippen molar-refractivity contribution in [3.05, 3.63) is 65.5 Å². The Morgan fingerprint density at radius 2 is 1.89 bits per heavy atom. The van der Waals surface area contributed by atoms with Crippen LogP contribution in [0.15, 0.2) is 48.7 Å². The predicted octanol–water partition coefficient (Wildman–Crippen LogP) is 4.19. The molecule has 0 N–H and O–H groups in total. The van der Waals surface area contributed by atoms with Crippen molar-refractivity contribution in [1.29, 1.82) is 0 Å². The molecule has 0 bridgehead atoms. The molecule has 27 heavy (non-hydrogen) atoms. The highest BCUT2D eigenvalue weighted by atomic mass is 19.4. The van der Waals surface area contributed by atoms with E-state index >= 15 is 0 Å². The maximum Gasteiger partial charge on any atom is 0.389 e. The summed E-state index contributed by atoms with van der Waals surface area (Å²) >= 11 is 0. The van der Waals surface area contributed by atoms with Gasteiger partial charge in [0, 0.05) is 12.8 Å². The zero-order valence-corrected chi connectivity index (χ0v) is 14.5. The van der Waals surface area contributed by atoms with Gasteiger partial charge < -0.3 is 9.47 Å². The van der Waals surface area contributed by atoms with Gasteiger partial charge in [0.2, 0.25) is 0 Å². The van der Waals surface area contributed by atoms with Crippen LogP contribution >= 0.6 is 0 Å². The van der Waals surface area contributed by atoms with Crippen LogP contribution in [0.5, 0.6) is 5.75 Å². The lowest BCUT2D eigenvalue weighted by Crippen LogP contribution is -2.12. The third kappa shape index (κ3) is 4.39. The number of nitrogens with zero attached hydrogens (tertiary/aromatic N) is 2. The van der Waals surface area contributed by atoms with Crippen molar-refractivity contribution in [2.24, 2.45) is 0 Å². The number of rotatable bonds is 6. The number of aromatic nitrogens is 2. The van der Waals surface area contributed by atoms with E-state index in [0.29, 0.717) is 5.52 Å². The number of methoxy groups -OCH3 is 1. The summed E-state index contributed by atoms with van der Waals surface area (Å²) < 4.78 is 50.0. The largest absolute Gasteiger partial charge is 0.487 e. The Hall–Kier alpha value is -3.03. The van der Waals surface area contributed by atoms with Crippen molar-refractivity contribution < 1.29 is 27.4 Å². The van der Waals surface area contributed by atoms with Crippen LogP contribution in [-0.2, 0) is 17.8 Å². The molecule has 0 aliphatic carbocycles. The van der Waals surface area contributed by atoms with E-state index in [1.54, 1.807) is 12.1 Å². The summed E-state index contributed by atoms with van der Waals surface area (Å²) in [4.78, 5) is 11.8. The van der Waals surface area contributed by atoms with Crippen LogP contribution in [0, 0.1) is 0 Å². The van der Waals surface area contributed by atoms with E-state index in [2.05, 4.69) is 9.84 Å². The second kappa shape index (κ2) is 7.69. The number of alkyl halides is 3. The Labute approximate surface area is 153 Å². The van der Waals surface area contributed by atoms with Crippen molar-refractivity contribution >= 4 is 11.5 Å². The molecule has 0 unspecified atom stereocenters. The molecule has 3 aromatic rings. The minimum atomic E-state index is -4.32. The topological polar surface area (TPSA) is 52.8 Å². The molecule has 142 valence electrons. The molecule has 0 aliphatic rings.